The predicted molar refractivity (Wildman–Crippen MR) is 98.4 cm³/mol. The van der Waals surface area contributed by atoms with E-state index in [4.69, 9.17) is 29.6 Å². The van der Waals surface area contributed by atoms with E-state index in [1.165, 1.54) is 44.9 Å². The smallest absolute Gasteiger partial charge is 0.107 e. The number of nitrogens with two attached hydrogens (primary N) is 1. The first-order valence-corrected chi connectivity index (χ1v) is 8.77. The second-order valence-corrected chi connectivity index (χ2v) is 6.28. The van der Waals surface area contributed by atoms with Gasteiger partial charge in [-0.25, -0.2) is 0 Å². The van der Waals surface area contributed by atoms with E-state index in [2.05, 4.69) is 12.2 Å². The van der Waals surface area contributed by atoms with Gasteiger partial charge in [0.25, 0.3) is 0 Å². The second kappa shape index (κ2) is 10.9. The molecule has 0 saturated carbocycles. The first kappa shape index (κ1) is 18.2. The van der Waals surface area contributed by atoms with Gasteiger partial charge in [-0.3, -0.25) is 0 Å². The third-order valence-corrected chi connectivity index (χ3v) is 4.12. The van der Waals surface area contributed by atoms with E-state index in [9.17, 15) is 0 Å². The van der Waals surface area contributed by atoms with Crippen molar-refractivity contribution in [2.75, 3.05) is 11.9 Å². The number of hydrogen-bond donors (Lipinski definition) is 2. The molecule has 2 nitrogen and oxygen atoms in total. The Morgan fingerprint density at radius 1 is 1.10 bits per heavy atom. The SMILES string of the molecule is CCCCCCCCCCNc1cccc(Cl)c1C(N)=S. The van der Waals surface area contributed by atoms with Crippen molar-refractivity contribution in [3.05, 3.63) is 28.8 Å². The molecular formula is C17H27ClN2S. The Morgan fingerprint density at radius 2 is 1.71 bits per heavy atom. The minimum Gasteiger partial charge on any atom is -0.389 e. The summed E-state index contributed by atoms with van der Waals surface area (Å²) in [6, 6.07) is 5.71. The van der Waals surface area contributed by atoms with Gasteiger partial charge in [0, 0.05) is 12.2 Å². The van der Waals surface area contributed by atoms with Crippen LogP contribution in [-0.2, 0) is 0 Å². The molecular weight excluding hydrogens is 300 g/mol. The fourth-order valence-corrected chi connectivity index (χ4v) is 2.96. The maximum atomic E-state index is 6.14. The van der Waals surface area contributed by atoms with Crippen LogP contribution in [0.15, 0.2) is 18.2 Å². The van der Waals surface area contributed by atoms with Crippen LogP contribution < -0.4 is 11.1 Å². The van der Waals surface area contributed by atoms with Crippen LogP contribution in [0.2, 0.25) is 5.02 Å². The van der Waals surface area contributed by atoms with Crippen molar-refractivity contribution >= 4 is 34.5 Å². The number of benzene rings is 1. The lowest BCUT2D eigenvalue weighted by Crippen LogP contribution is -2.14. The molecule has 1 aromatic rings. The summed E-state index contributed by atoms with van der Waals surface area (Å²) in [5.41, 5.74) is 7.43. The highest BCUT2D eigenvalue weighted by Gasteiger charge is 2.08. The Labute approximate surface area is 139 Å². The molecule has 118 valence electrons. The topological polar surface area (TPSA) is 38.0 Å². The van der Waals surface area contributed by atoms with Crippen LogP contribution in [0.4, 0.5) is 5.69 Å². The second-order valence-electron chi connectivity index (χ2n) is 5.43. The molecule has 3 N–H and O–H groups in total. The summed E-state index contributed by atoms with van der Waals surface area (Å²) in [5, 5.41) is 4.01. The van der Waals surface area contributed by atoms with Gasteiger partial charge in [-0.2, -0.15) is 0 Å². The Kier molecular flexibility index (Phi) is 9.44. The van der Waals surface area contributed by atoms with Gasteiger partial charge in [-0.15, -0.1) is 0 Å². The molecule has 1 rings (SSSR count). The molecule has 1 aromatic carbocycles. The Balaban J connectivity index is 2.21. The summed E-state index contributed by atoms with van der Waals surface area (Å²) in [7, 11) is 0. The van der Waals surface area contributed by atoms with Gasteiger partial charge in [0.15, 0.2) is 0 Å². The number of halogens is 1. The van der Waals surface area contributed by atoms with E-state index >= 15 is 0 Å². The van der Waals surface area contributed by atoms with Crippen molar-refractivity contribution in [3.8, 4) is 0 Å². The van der Waals surface area contributed by atoms with Crippen molar-refractivity contribution in [3.63, 3.8) is 0 Å². The quantitative estimate of drug-likeness (QED) is 0.415. The summed E-state index contributed by atoms with van der Waals surface area (Å²) in [6.45, 7) is 3.19. The van der Waals surface area contributed by atoms with Gasteiger partial charge in [-0.05, 0) is 18.6 Å². The average molecular weight is 327 g/mol. The zero-order valence-electron chi connectivity index (χ0n) is 13.0. The number of unbranched alkanes of at least 4 members (excludes halogenated alkanes) is 7. The number of nitrogens with one attached hydrogen (secondary N) is 1. The van der Waals surface area contributed by atoms with E-state index in [0.29, 0.717) is 10.0 Å². The van der Waals surface area contributed by atoms with Gasteiger partial charge in [-0.1, -0.05) is 81.8 Å². The van der Waals surface area contributed by atoms with E-state index in [0.717, 1.165) is 24.2 Å². The van der Waals surface area contributed by atoms with Crippen LogP contribution in [0.5, 0.6) is 0 Å². The number of anilines is 1. The van der Waals surface area contributed by atoms with Crippen molar-refractivity contribution < 1.29 is 0 Å². The van der Waals surface area contributed by atoms with Gasteiger partial charge in [0.2, 0.25) is 0 Å². The third kappa shape index (κ3) is 7.14. The van der Waals surface area contributed by atoms with Crippen LogP contribution in [0.3, 0.4) is 0 Å². The summed E-state index contributed by atoms with van der Waals surface area (Å²) >= 11 is 11.2. The summed E-state index contributed by atoms with van der Waals surface area (Å²) < 4.78 is 0. The maximum Gasteiger partial charge on any atom is 0.107 e. The number of thiocarbonyl (C=S) groups is 1. The first-order chi connectivity index (χ1) is 10.2. The molecule has 0 aromatic heterocycles. The molecule has 0 aliphatic carbocycles. The first-order valence-electron chi connectivity index (χ1n) is 7.99. The Bertz CT molecular complexity index is 435. The molecule has 0 fully saturated rings. The highest BCUT2D eigenvalue weighted by atomic mass is 35.5. The summed E-state index contributed by atoms with van der Waals surface area (Å²) in [4.78, 5) is 0.346. The van der Waals surface area contributed by atoms with Crippen molar-refractivity contribution in [1.82, 2.24) is 0 Å². The van der Waals surface area contributed by atoms with Crippen LogP contribution in [0, 0.1) is 0 Å². The fourth-order valence-electron chi connectivity index (χ4n) is 2.40. The Hall–Kier alpha value is -0.800. The molecule has 0 radical (unpaired) electrons. The molecule has 0 spiro atoms. The van der Waals surface area contributed by atoms with Gasteiger partial charge >= 0.3 is 0 Å². The zero-order valence-corrected chi connectivity index (χ0v) is 14.5. The molecule has 0 atom stereocenters. The molecule has 0 aliphatic rings. The van der Waals surface area contributed by atoms with E-state index < -0.39 is 0 Å². The highest BCUT2D eigenvalue weighted by Crippen LogP contribution is 2.24. The number of rotatable bonds is 11. The Morgan fingerprint density at radius 3 is 2.33 bits per heavy atom. The van der Waals surface area contributed by atoms with Gasteiger partial charge in [0.1, 0.15) is 4.99 Å². The van der Waals surface area contributed by atoms with Crippen LogP contribution >= 0.6 is 23.8 Å². The molecule has 0 amide bonds. The van der Waals surface area contributed by atoms with Crippen LogP contribution in [0.25, 0.3) is 0 Å². The largest absolute Gasteiger partial charge is 0.389 e. The standard InChI is InChI=1S/C17H27ClN2S/c1-2-3-4-5-6-7-8-9-13-20-15-12-10-11-14(18)16(15)17(19)21/h10-12,20H,2-9,13H2,1H3,(H2,19,21). The van der Waals surface area contributed by atoms with Crippen LogP contribution in [0.1, 0.15) is 63.9 Å². The molecule has 0 heterocycles. The van der Waals surface area contributed by atoms with E-state index in [1.807, 2.05) is 18.2 Å². The van der Waals surface area contributed by atoms with Crippen LogP contribution in [-0.4, -0.2) is 11.5 Å². The lowest BCUT2D eigenvalue weighted by molar-refractivity contribution is 0.581. The highest BCUT2D eigenvalue weighted by molar-refractivity contribution is 7.80. The summed E-state index contributed by atoms with van der Waals surface area (Å²) in [6.07, 6.45) is 10.6. The van der Waals surface area contributed by atoms with E-state index in [1.54, 1.807) is 0 Å². The molecule has 21 heavy (non-hydrogen) atoms. The molecule has 0 unspecified atom stereocenters. The zero-order chi connectivity index (χ0) is 15.5. The fraction of sp³-hybridized carbons (Fsp3) is 0.588. The molecule has 4 heteroatoms. The number of hydrogen-bond acceptors (Lipinski definition) is 2. The van der Waals surface area contributed by atoms with Gasteiger partial charge in [0.05, 0.1) is 10.6 Å². The third-order valence-electron chi connectivity index (χ3n) is 3.61. The minimum absolute atomic E-state index is 0.346. The van der Waals surface area contributed by atoms with Crippen molar-refractivity contribution in [2.45, 2.75) is 58.3 Å². The minimum atomic E-state index is 0.346. The summed E-state index contributed by atoms with van der Waals surface area (Å²) in [5.74, 6) is 0. The monoisotopic (exact) mass is 326 g/mol. The predicted octanol–water partition coefficient (Wildman–Crippen LogP) is 5.53. The van der Waals surface area contributed by atoms with Gasteiger partial charge < -0.3 is 11.1 Å². The van der Waals surface area contributed by atoms with Crippen molar-refractivity contribution in [2.24, 2.45) is 5.73 Å². The lowest BCUT2D eigenvalue weighted by Gasteiger charge is -2.12. The maximum absolute atomic E-state index is 6.14. The van der Waals surface area contributed by atoms with Crippen molar-refractivity contribution in [1.29, 1.82) is 0 Å². The lowest BCUT2D eigenvalue weighted by atomic mass is 10.1. The molecule has 0 aliphatic heterocycles. The average Bonchev–Trinajstić information content (AvgIpc) is 2.45. The molecule has 0 bridgehead atoms. The normalized spacial score (nSPS) is 10.6. The van der Waals surface area contributed by atoms with E-state index in [-0.39, 0.29) is 0 Å². The molecule has 0 saturated heterocycles.